The zero-order chi connectivity index (χ0) is 15.8. The first-order valence-corrected chi connectivity index (χ1v) is 8.74. The van der Waals surface area contributed by atoms with Crippen molar-refractivity contribution >= 4 is 43.7 Å². The van der Waals surface area contributed by atoms with Crippen LogP contribution in [0.3, 0.4) is 0 Å². The molecule has 0 saturated heterocycles. The van der Waals surface area contributed by atoms with Crippen LogP contribution in [0.5, 0.6) is 0 Å². The van der Waals surface area contributed by atoms with Crippen LogP contribution in [0.4, 0.5) is 5.00 Å². The van der Waals surface area contributed by atoms with E-state index in [9.17, 15) is 13.2 Å². The van der Waals surface area contributed by atoms with Crippen molar-refractivity contribution in [2.45, 2.75) is 18.1 Å². The molecule has 6 nitrogen and oxygen atoms in total. The summed E-state index contributed by atoms with van der Waals surface area (Å²) in [5.74, 6) is -1.18. The summed E-state index contributed by atoms with van der Waals surface area (Å²) in [4.78, 5) is 11.6. The number of rotatable bonds is 4. The molecule has 2 heterocycles. The molecule has 2 rings (SSSR count). The van der Waals surface area contributed by atoms with Gasteiger partial charge < -0.3 is 5.11 Å². The zero-order valence-corrected chi connectivity index (χ0v) is 13.4. The van der Waals surface area contributed by atoms with Crippen LogP contribution >= 0.6 is 22.7 Å². The average molecular weight is 342 g/mol. The summed E-state index contributed by atoms with van der Waals surface area (Å²) in [6.45, 7) is 3.54. The number of nitrogens with one attached hydrogen (secondary N) is 1. The summed E-state index contributed by atoms with van der Waals surface area (Å²) in [6.07, 6.45) is 0. The average Bonchev–Trinajstić information content (AvgIpc) is 2.97. The third-order valence-electron chi connectivity index (χ3n) is 2.78. The van der Waals surface area contributed by atoms with Crippen LogP contribution in [0.1, 0.15) is 25.7 Å². The number of nitriles is 1. The number of aryl methyl sites for hydroxylation is 1. The Kier molecular flexibility index (Phi) is 4.04. The number of sulfonamides is 1. The van der Waals surface area contributed by atoms with Crippen LogP contribution in [-0.4, -0.2) is 19.5 Å². The summed E-state index contributed by atoms with van der Waals surface area (Å²) in [5, 5.41) is 18.2. The topological polar surface area (TPSA) is 107 Å². The molecule has 21 heavy (non-hydrogen) atoms. The fourth-order valence-electron chi connectivity index (χ4n) is 1.59. The Morgan fingerprint density at radius 1 is 1.33 bits per heavy atom. The van der Waals surface area contributed by atoms with Gasteiger partial charge in [0.1, 0.15) is 20.2 Å². The van der Waals surface area contributed by atoms with Crippen LogP contribution in [0, 0.1) is 25.2 Å². The van der Waals surface area contributed by atoms with Gasteiger partial charge in [-0.3, -0.25) is 4.72 Å². The first-order chi connectivity index (χ1) is 9.76. The van der Waals surface area contributed by atoms with Crippen molar-refractivity contribution in [2.75, 3.05) is 4.72 Å². The zero-order valence-electron chi connectivity index (χ0n) is 11.0. The van der Waals surface area contributed by atoms with E-state index in [1.54, 1.807) is 13.8 Å². The molecule has 0 fully saturated rings. The minimum Gasteiger partial charge on any atom is -0.477 e. The van der Waals surface area contributed by atoms with Gasteiger partial charge in [0.15, 0.2) is 0 Å². The highest BCUT2D eigenvalue weighted by atomic mass is 32.2. The van der Waals surface area contributed by atoms with Crippen molar-refractivity contribution in [2.24, 2.45) is 0 Å². The molecule has 0 aliphatic rings. The van der Waals surface area contributed by atoms with Crippen LogP contribution in [0.25, 0.3) is 0 Å². The van der Waals surface area contributed by atoms with Crippen molar-refractivity contribution in [1.82, 2.24) is 0 Å². The van der Waals surface area contributed by atoms with E-state index in [2.05, 4.69) is 4.72 Å². The van der Waals surface area contributed by atoms with Crippen molar-refractivity contribution in [3.05, 3.63) is 33.0 Å². The van der Waals surface area contributed by atoms with Crippen molar-refractivity contribution < 1.29 is 18.3 Å². The van der Waals surface area contributed by atoms with E-state index in [1.165, 1.54) is 23.5 Å². The van der Waals surface area contributed by atoms with Gasteiger partial charge in [0.25, 0.3) is 10.0 Å². The second kappa shape index (κ2) is 5.48. The van der Waals surface area contributed by atoms with Crippen molar-refractivity contribution in [3.63, 3.8) is 0 Å². The molecule has 0 atom stereocenters. The van der Waals surface area contributed by atoms with E-state index < -0.39 is 16.0 Å². The minimum absolute atomic E-state index is 0.0607. The van der Waals surface area contributed by atoms with Gasteiger partial charge >= 0.3 is 5.97 Å². The highest BCUT2D eigenvalue weighted by molar-refractivity contribution is 7.94. The van der Waals surface area contributed by atoms with Gasteiger partial charge in [-0.05, 0) is 31.5 Å². The number of hydrogen-bond acceptors (Lipinski definition) is 6. The molecular weight excluding hydrogens is 332 g/mol. The molecule has 9 heteroatoms. The fraction of sp³-hybridized carbons (Fsp3) is 0.167. The summed E-state index contributed by atoms with van der Waals surface area (Å²) < 4.78 is 26.7. The molecule has 0 aromatic carbocycles. The van der Waals surface area contributed by atoms with Gasteiger partial charge in [-0.25, -0.2) is 13.2 Å². The molecule has 2 N–H and O–H groups in total. The standard InChI is InChI=1S/C12H10N2O4S3/c1-6-7(2)19-11(8(6)5-13)14-21(17,18)10-4-3-9(20-10)12(15)16/h3-4,14H,1-2H3,(H,15,16). The molecule has 0 radical (unpaired) electrons. The molecule has 0 amide bonds. The summed E-state index contributed by atoms with van der Waals surface area (Å²) in [6, 6.07) is 4.44. The molecule has 0 spiro atoms. The number of carbonyl (C=O) groups is 1. The van der Waals surface area contributed by atoms with Crippen LogP contribution in [-0.2, 0) is 10.0 Å². The Labute approximate surface area is 129 Å². The lowest BCUT2D eigenvalue weighted by molar-refractivity contribution is 0.0702. The molecule has 2 aromatic heterocycles. The molecule has 0 unspecified atom stereocenters. The Hall–Kier alpha value is -1.89. The van der Waals surface area contributed by atoms with E-state index in [0.29, 0.717) is 11.3 Å². The second-order valence-electron chi connectivity index (χ2n) is 4.13. The molecule has 0 aliphatic carbocycles. The molecular formula is C12H10N2O4S3. The molecule has 110 valence electrons. The minimum atomic E-state index is -3.90. The van der Waals surface area contributed by atoms with Gasteiger partial charge in [-0.15, -0.1) is 22.7 Å². The smallest absolute Gasteiger partial charge is 0.345 e. The van der Waals surface area contributed by atoms with Gasteiger partial charge in [0.05, 0.1) is 5.56 Å². The number of nitrogens with zero attached hydrogens (tertiary/aromatic N) is 1. The summed E-state index contributed by atoms with van der Waals surface area (Å²) in [7, 11) is -3.90. The van der Waals surface area contributed by atoms with E-state index in [4.69, 9.17) is 10.4 Å². The second-order valence-corrected chi connectivity index (χ2v) is 8.35. The summed E-state index contributed by atoms with van der Waals surface area (Å²) >= 11 is 1.84. The lowest BCUT2D eigenvalue weighted by Gasteiger charge is -2.03. The van der Waals surface area contributed by atoms with Gasteiger partial charge in [-0.1, -0.05) is 0 Å². The third kappa shape index (κ3) is 2.92. The number of carboxylic acid groups (broad SMARTS) is 1. The number of anilines is 1. The van der Waals surface area contributed by atoms with Crippen molar-refractivity contribution in [1.29, 1.82) is 5.26 Å². The van der Waals surface area contributed by atoms with Crippen LogP contribution in [0.2, 0.25) is 0 Å². The lowest BCUT2D eigenvalue weighted by Crippen LogP contribution is -2.11. The Morgan fingerprint density at radius 3 is 2.52 bits per heavy atom. The largest absolute Gasteiger partial charge is 0.477 e. The summed E-state index contributed by atoms with van der Waals surface area (Å²) in [5.41, 5.74) is 1.02. The highest BCUT2D eigenvalue weighted by Crippen LogP contribution is 2.34. The SMILES string of the molecule is Cc1sc(NS(=O)(=O)c2ccc(C(=O)O)s2)c(C#N)c1C. The van der Waals surface area contributed by atoms with Crippen LogP contribution in [0.15, 0.2) is 16.3 Å². The predicted octanol–water partition coefficient (Wildman–Crippen LogP) is 2.80. The maximum Gasteiger partial charge on any atom is 0.345 e. The number of hydrogen-bond donors (Lipinski definition) is 2. The van der Waals surface area contributed by atoms with E-state index in [0.717, 1.165) is 10.4 Å². The fourth-order valence-corrected chi connectivity index (χ4v) is 5.05. The molecule has 2 aromatic rings. The van der Waals surface area contributed by atoms with Gasteiger partial charge in [-0.2, -0.15) is 5.26 Å². The highest BCUT2D eigenvalue weighted by Gasteiger charge is 2.22. The van der Waals surface area contributed by atoms with Crippen LogP contribution < -0.4 is 4.72 Å². The quantitative estimate of drug-likeness (QED) is 0.888. The third-order valence-corrected chi connectivity index (χ3v) is 6.95. The number of aromatic carboxylic acids is 1. The number of thiophene rings is 2. The van der Waals surface area contributed by atoms with Gasteiger partial charge in [0, 0.05) is 4.88 Å². The monoisotopic (exact) mass is 342 g/mol. The van der Waals surface area contributed by atoms with E-state index in [1.807, 2.05) is 6.07 Å². The van der Waals surface area contributed by atoms with E-state index in [-0.39, 0.29) is 19.7 Å². The Morgan fingerprint density at radius 2 is 2.00 bits per heavy atom. The Balaban J connectivity index is 2.40. The lowest BCUT2D eigenvalue weighted by atomic mass is 10.2. The molecule has 0 saturated carbocycles. The maximum absolute atomic E-state index is 12.2. The number of carboxylic acids is 1. The van der Waals surface area contributed by atoms with E-state index >= 15 is 0 Å². The predicted molar refractivity (Wildman–Crippen MR) is 80.6 cm³/mol. The first kappa shape index (κ1) is 15.5. The Bertz CT molecular complexity index is 856. The maximum atomic E-state index is 12.2. The molecule has 0 aliphatic heterocycles. The first-order valence-electron chi connectivity index (χ1n) is 5.62. The molecule has 0 bridgehead atoms. The normalized spacial score (nSPS) is 11.1. The van der Waals surface area contributed by atoms with Crippen molar-refractivity contribution in [3.8, 4) is 6.07 Å². The van der Waals surface area contributed by atoms with Gasteiger partial charge in [0.2, 0.25) is 0 Å².